The minimum atomic E-state index is -4.02. The zero-order valence-electron chi connectivity index (χ0n) is 14.6. The van der Waals surface area contributed by atoms with E-state index in [1.807, 2.05) is 6.92 Å². The van der Waals surface area contributed by atoms with E-state index in [1.165, 1.54) is 18.3 Å². The highest BCUT2D eigenvalue weighted by Crippen LogP contribution is 2.38. The van der Waals surface area contributed by atoms with Gasteiger partial charge in [-0.15, -0.1) is 0 Å². The summed E-state index contributed by atoms with van der Waals surface area (Å²) in [6, 6.07) is 9.60. The summed E-state index contributed by atoms with van der Waals surface area (Å²) in [6.07, 6.45) is 1.46. The van der Waals surface area contributed by atoms with Gasteiger partial charge in [-0.1, -0.05) is 17.7 Å². The Balaban J connectivity index is 2.38. The predicted molar refractivity (Wildman–Crippen MR) is 112 cm³/mol. The Labute approximate surface area is 171 Å². The van der Waals surface area contributed by atoms with Crippen LogP contribution in [0.15, 0.2) is 50.9 Å². The molecule has 10 heteroatoms. The van der Waals surface area contributed by atoms with E-state index in [2.05, 4.69) is 38.7 Å². The van der Waals surface area contributed by atoms with Gasteiger partial charge in [0.1, 0.15) is 4.90 Å². The van der Waals surface area contributed by atoms with Crippen LogP contribution < -0.4 is 20.1 Å². The first-order chi connectivity index (χ1) is 12.7. The van der Waals surface area contributed by atoms with Crippen molar-refractivity contribution in [1.82, 2.24) is 5.43 Å². The summed E-state index contributed by atoms with van der Waals surface area (Å²) < 4.78 is 36.4. The van der Waals surface area contributed by atoms with Crippen molar-refractivity contribution < 1.29 is 17.3 Å². The van der Waals surface area contributed by atoms with E-state index in [4.69, 9.17) is 14.7 Å². The highest BCUT2D eigenvalue weighted by molar-refractivity contribution is 9.10. The third-order valence-electron chi connectivity index (χ3n) is 3.22. The lowest BCUT2D eigenvalue weighted by Gasteiger charge is -2.14. The number of ether oxygens (including phenoxy) is 1. The maximum Gasteiger partial charge on any atom is 0.339 e. The van der Waals surface area contributed by atoms with E-state index >= 15 is 0 Å². The molecule has 0 radical (unpaired) electrons. The molecule has 3 N–H and O–H groups in total. The SMILES string of the molecule is CCOc1cc(C=NNC(N)=S)cc(Br)c1OS(=O)(=O)c1ccc(C)cc1. The molecule has 2 aromatic rings. The Bertz CT molecular complexity index is 961. The summed E-state index contributed by atoms with van der Waals surface area (Å²) in [5.41, 5.74) is 9.31. The number of nitrogens with two attached hydrogens (primary N) is 1. The average Bonchev–Trinajstić information content (AvgIpc) is 2.58. The van der Waals surface area contributed by atoms with Crippen LogP contribution >= 0.6 is 28.1 Å². The Kier molecular flexibility index (Phi) is 7.17. The molecule has 144 valence electrons. The van der Waals surface area contributed by atoms with Crippen LogP contribution in [-0.4, -0.2) is 26.4 Å². The number of rotatable bonds is 7. The van der Waals surface area contributed by atoms with Gasteiger partial charge in [0.15, 0.2) is 16.6 Å². The van der Waals surface area contributed by atoms with Crippen molar-refractivity contribution in [2.75, 3.05) is 6.61 Å². The second-order valence-corrected chi connectivity index (χ2v) is 8.19. The number of hydrazone groups is 1. The van der Waals surface area contributed by atoms with Crippen molar-refractivity contribution in [3.05, 3.63) is 52.0 Å². The first-order valence-corrected chi connectivity index (χ1v) is 10.4. The van der Waals surface area contributed by atoms with Gasteiger partial charge in [0, 0.05) is 0 Å². The van der Waals surface area contributed by atoms with Crippen LogP contribution in [0, 0.1) is 6.92 Å². The molecule has 0 aliphatic heterocycles. The first-order valence-electron chi connectivity index (χ1n) is 7.79. The third-order valence-corrected chi connectivity index (χ3v) is 5.14. The number of nitrogens with zero attached hydrogens (tertiary/aromatic N) is 1. The summed E-state index contributed by atoms with van der Waals surface area (Å²) in [5.74, 6) is 0.302. The van der Waals surface area contributed by atoms with Gasteiger partial charge >= 0.3 is 10.1 Å². The number of nitrogens with one attached hydrogen (secondary N) is 1. The Hall–Kier alpha value is -2.17. The molecule has 0 saturated heterocycles. The van der Waals surface area contributed by atoms with Crippen molar-refractivity contribution in [3.63, 3.8) is 0 Å². The molecule has 0 unspecified atom stereocenters. The largest absolute Gasteiger partial charge is 0.490 e. The molecule has 0 saturated carbocycles. The molecule has 0 aliphatic carbocycles. The van der Waals surface area contributed by atoms with Crippen LogP contribution in [0.3, 0.4) is 0 Å². The minimum Gasteiger partial charge on any atom is -0.490 e. The molecule has 0 bridgehead atoms. The molecule has 27 heavy (non-hydrogen) atoms. The van der Waals surface area contributed by atoms with Gasteiger partial charge in [0.05, 0.1) is 17.3 Å². The lowest BCUT2D eigenvalue weighted by Crippen LogP contribution is -2.24. The fraction of sp³-hybridized carbons (Fsp3) is 0.176. The van der Waals surface area contributed by atoms with Crippen LogP contribution in [0.1, 0.15) is 18.1 Å². The summed E-state index contributed by atoms with van der Waals surface area (Å²) in [6.45, 7) is 3.97. The van der Waals surface area contributed by atoms with Crippen LogP contribution in [0.2, 0.25) is 0 Å². The number of thiocarbonyl (C=S) groups is 1. The van der Waals surface area contributed by atoms with Crippen molar-refractivity contribution >= 4 is 49.6 Å². The van der Waals surface area contributed by atoms with E-state index in [0.29, 0.717) is 16.6 Å². The molecule has 0 fully saturated rings. The van der Waals surface area contributed by atoms with Crippen LogP contribution in [0.4, 0.5) is 0 Å². The monoisotopic (exact) mass is 471 g/mol. The molecule has 0 aliphatic rings. The van der Waals surface area contributed by atoms with E-state index in [0.717, 1.165) is 5.56 Å². The molecule has 0 heterocycles. The number of hydrogen-bond donors (Lipinski definition) is 2. The Morgan fingerprint density at radius 1 is 1.33 bits per heavy atom. The van der Waals surface area contributed by atoms with E-state index in [1.54, 1.807) is 31.2 Å². The second kappa shape index (κ2) is 9.16. The maximum atomic E-state index is 12.6. The molecular formula is C17H18BrN3O4S2. The van der Waals surface area contributed by atoms with Crippen molar-refractivity contribution in [2.45, 2.75) is 18.7 Å². The van der Waals surface area contributed by atoms with E-state index < -0.39 is 10.1 Å². The van der Waals surface area contributed by atoms with Crippen LogP contribution in [-0.2, 0) is 10.1 Å². The quantitative estimate of drug-likeness (QED) is 0.276. The van der Waals surface area contributed by atoms with Crippen molar-refractivity contribution in [1.29, 1.82) is 0 Å². The van der Waals surface area contributed by atoms with Gasteiger partial charge in [-0.3, -0.25) is 5.43 Å². The lowest BCUT2D eigenvalue weighted by atomic mass is 10.2. The normalized spacial score (nSPS) is 11.4. The number of benzene rings is 2. The summed E-state index contributed by atoms with van der Waals surface area (Å²) in [4.78, 5) is 0.0498. The van der Waals surface area contributed by atoms with Crippen LogP contribution in [0.25, 0.3) is 0 Å². The van der Waals surface area contributed by atoms with Gasteiger partial charge in [-0.25, -0.2) is 0 Å². The second-order valence-electron chi connectivity index (χ2n) is 5.35. The van der Waals surface area contributed by atoms with Crippen LogP contribution in [0.5, 0.6) is 11.5 Å². The summed E-state index contributed by atoms with van der Waals surface area (Å²) >= 11 is 7.99. The molecule has 2 rings (SSSR count). The summed E-state index contributed by atoms with van der Waals surface area (Å²) in [7, 11) is -4.02. The van der Waals surface area contributed by atoms with E-state index in [-0.39, 0.29) is 21.5 Å². The number of halogens is 1. The van der Waals surface area contributed by atoms with Gasteiger partial charge < -0.3 is 14.7 Å². The van der Waals surface area contributed by atoms with Crippen molar-refractivity contribution in [3.8, 4) is 11.5 Å². The molecule has 0 amide bonds. The van der Waals surface area contributed by atoms with Gasteiger partial charge in [-0.2, -0.15) is 13.5 Å². The molecule has 7 nitrogen and oxygen atoms in total. The fourth-order valence-corrected chi connectivity index (χ4v) is 3.70. The zero-order valence-corrected chi connectivity index (χ0v) is 17.8. The van der Waals surface area contributed by atoms with Gasteiger partial charge in [0.25, 0.3) is 0 Å². The fourth-order valence-electron chi connectivity index (χ4n) is 2.04. The lowest BCUT2D eigenvalue weighted by molar-refractivity contribution is 0.327. The molecule has 0 spiro atoms. The topological polar surface area (TPSA) is 103 Å². The average molecular weight is 472 g/mol. The maximum absolute atomic E-state index is 12.6. The highest BCUT2D eigenvalue weighted by atomic mass is 79.9. The molecule has 2 aromatic carbocycles. The Morgan fingerprint density at radius 3 is 2.59 bits per heavy atom. The predicted octanol–water partition coefficient (Wildman–Crippen LogP) is 3.09. The molecular weight excluding hydrogens is 454 g/mol. The summed E-state index contributed by atoms with van der Waals surface area (Å²) in [5, 5.41) is 3.89. The zero-order chi connectivity index (χ0) is 20.0. The highest BCUT2D eigenvalue weighted by Gasteiger charge is 2.22. The molecule has 0 aromatic heterocycles. The van der Waals surface area contributed by atoms with Gasteiger partial charge in [-0.05, 0) is 71.8 Å². The number of aryl methyl sites for hydroxylation is 1. The Morgan fingerprint density at radius 2 is 2.00 bits per heavy atom. The minimum absolute atomic E-state index is 0.0273. The standard InChI is InChI=1S/C17H18BrN3O4S2/c1-3-24-15-9-12(10-20-21-17(19)26)8-14(18)16(15)25-27(22,23)13-6-4-11(2)5-7-13/h4-10H,3H2,1-2H3,(H3,19,21,26). The van der Waals surface area contributed by atoms with E-state index in [9.17, 15) is 8.42 Å². The smallest absolute Gasteiger partial charge is 0.339 e. The van der Waals surface area contributed by atoms with Gasteiger partial charge in [0.2, 0.25) is 0 Å². The van der Waals surface area contributed by atoms with Crippen molar-refractivity contribution in [2.24, 2.45) is 10.8 Å². The number of hydrogen-bond acceptors (Lipinski definition) is 6. The molecule has 0 atom stereocenters. The first kappa shape index (κ1) is 21.1. The third kappa shape index (κ3) is 5.91.